The summed E-state index contributed by atoms with van der Waals surface area (Å²) < 4.78 is 30.9. The number of likely N-dealkylation sites (N-methyl/N-ethyl adjacent to an activating group) is 1. The number of carbonyl (C=O) groups excluding carboxylic acids is 1. The number of benzene rings is 2. The van der Waals surface area contributed by atoms with E-state index in [-0.39, 0.29) is 16.5 Å². The molecule has 0 saturated carbocycles. The summed E-state index contributed by atoms with van der Waals surface area (Å²) in [5, 5.41) is 3.25. The van der Waals surface area contributed by atoms with Crippen molar-refractivity contribution in [2.45, 2.75) is 4.90 Å². The van der Waals surface area contributed by atoms with Crippen LogP contribution in [0.1, 0.15) is 0 Å². The van der Waals surface area contributed by atoms with E-state index in [0.29, 0.717) is 16.5 Å². The Hall–Kier alpha value is -1.80. The van der Waals surface area contributed by atoms with Crippen LogP contribution in [0.2, 0.25) is 10.0 Å². The maximum Gasteiger partial charge on any atom is 0.243 e. The first-order valence-electron chi connectivity index (χ1n) is 7.09. The van der Waals surface area contributed by atoms with E-state index in [4.69, 9.17) is 27.9 Å². The van der Waals surface area contributed by atoms with Gasteiger partial charge in [0.05, 0.1) is 29.3 Å². The number of nitrogens with zero attached hydrogens (tertiary/aromatic N) is 1. The summed E-state index contributed by atoms with van der Waals surface area (Å²) in [4.78, 5) is 12.2. The number of ether oxygens (including phenoxy) is 1. The van der Waals surface area contributed by atoms with Gasteiger partial charge in [0.25, 0.3) is 0 Å². The van der Waals surface area contributed by atoms with Gasteiger partial charge in [-0.25, -0.2) is 8.42 Å². The topological polar surface area (TPSA) is 75.7 Å². The van der Waals surface area contributed by atoms with Crippen LogP contribution in [0.3, 0.4) is 0 Å². The number of halogens is 2. The quantitative estimate of drug-likeness (QED) is 0.804. The molecule has 0 aromatic heterocycles. The molecule has 0 fully saturated rings. The number of methoxy groups -OCH3 is 1. The van der Waals surface area contributed by atoms with Gasteiger partial charge in [-0.2, -0.15) is 4.31 Å². The molecule has 134 valence electrons. The molecule has 1 amide bonds. The van der Waals surface area contributed by atoms with Crippen LogP contribution >= 0.6 is 23.2 Å². The predicted octanol–water partition coefficient (Wildman–Crippen LogP) is 3.26. The lowest BCUT2D eigenvalue weighted by atomic mass is 10.3. The molecule has 6 nitrogen and oxygen atoms in total. The fourth-order valence-electron chi connectivity index (χ4n) is 2.00. The molecule has 0 spiro atoms. The molecular weight excluding hydrogens is 387 g/mol. The van der Waals surface area contributed by atoms with Gasteiger partial charge in [-0.3, -0.25) is 4.79 Å². The molecule has 2 aromatic carbocycles. The van der Waals surface area contributed by atoms with Crippen LogP contribution in [0.5, 0.6) is 5.75 Å². The Morgan fingerprint density at radius 3 is 2.36 bits per heavy atom. The molecule has 0 radical (unpaired) electrons. The van der Waals surface area contributed by atoms with E-state index in [0.717, 1.165) is 4.31 Å². The monoisotopic (exact) mass is 402 g/mol. The van der Waals surface area contributed by atoms with Gasteiger partial charge in [-0.15, -0.1) is 0 Å². The third-order valence-electron chi connectivity index (χ3n) is 3.34. The summed E-state index contributed by atoms with van der Waals surface area (Å²) in [5.41, 5.74) is 0.353. The van der Waals surface area contributed by atoms with Crippen LogP contribution in [0.15, 0.2) is 47.4 Å². The first-order valence-corrected chi connectivity index (χ1v) is 9.29. The summed E-state index contributed by atoms with van der Waals surface area (Å²) in [7, 11) is -0.995. The lowest BCUT2D eigenvalue weighted by Crippen LogP contribution is -2.35. The zero-order valence-electron chi connectivity index (χ0n) is 13.5. The molecule has 0 atom stereocenters. The van der Waals surface area contributed by atoms with Crippen molar-refractivity contribution in [1.82, 2.24) is 4.31 Å². The summed E-state index contributed by atoms with van der Waals surface area (Å²) in [6.45, 7) is -0.368. The van der Waals surface area contributed by atoms with E-state index in [2.05, 4.69) is 5.32 Å². The van der Waals surface area contributed by atoms with E-state index in [9.17, 15) is 13.2 Å². The zero-order chi connectivity index (χ0) is 18.6. The molecule has 0 heterocycles. The molecular formula is C16H16Cl2N2O4S. The number of sulfonamides is 1. The van der Waals surface area contributed by atoms with Crippen molar-refractivity contribution in [3.05, 3.63) is 52.5 Å². The average molecular weight is 403 g/mol. The van der Waals surface area contributed by atoms with Crippen LogP contribution in [0.4, 0.5) is 5.69 Å². The van der Waals surface area contributed by atoms with E-state index in [1.807, 2.05) is 0 Å². The molecule has 1 N–H and O–H groups in total. The Bertz CT molecular complexity index is 870. The van der Waals surface area contributed by atoms with Crippen molar-refractivity contribution in [3.63, 3.8) is 0 Å². The minimum atomic E-state index is -3.81. The van der Waals surface area contributed by atoms with Crippen molar-refractivity contribution in [2.24, 2.45) is 0 Å². The van der Waals surface area contributed by atoms with Gasteiger partial charge in [0.1, 0.15) is 5.75 Å². The standard InChI is InChI=1S/C16H16Cl2N2O4S/c1-20(25(22,23)13-6-4-12(24-2)5-7-13)10-16(21)19-15-8-3-11(17)9-14(15)18/h3-9H,10H2,1-2H3,(H,19,21). The number of amides is 1. The van der Waals surface area contributed by atoms with Gasteiger partial charge in [-0.1, -0.05) is 23.2 Å². The highest BCUT2D eigenvalue weighted by atomic mass is 35.5. The molecule has 0 bridgehead atoms. The zero-order valence-corrected chi connectivity index (χ0v) is 15.8. The highest BCUT2D eigenvalue weighted by Gasteiger charge is 2.23. The van der Waals surface area contributed by atoms with Gasteiger partial charge in [0, 0.05) is 12.1 Å². The number of anilines is 1. The fourth-order valence-corrected chi connectivity index (χ4v) is 3.58. The van der Waals surface area contributed by atoms with E-state index in [1.54, 1.807) is 12.1 Å². The van der Waals surface area contributed by atoms with Gasteiger partial charge in [0.2, 0.25) is 15.9 Å². The number of nitrogens with one attached hydrogen (secondary N) is 1. The predicted molar refractivity (Wildman–Crippen MR) is 97.9 cm³/mol. The van der Waals surface area contributed by atoms with E-state index < -0.39 is 15.9 Å². The van der Waals surface area contributed by atoms with Crippen molar-refractivity contribution in [3.8, 4) is 5.75 Å². The number of rotatable bonds is 6. The highest BCUT2D eigenvalue weighted by Crippen LogP contribution is 2.25. The molecule has 0 aliphatic rings. The number of carbonyl (C=O) groups is 1. The molecule has 0 unspecified atom stereocenters. The maximum atomic E-state index is 12.5. The number of hydrogen-bond acceptors (Lipinski definition) is 4. The van der Waals surface area contributed by atoms with Crippen molar-refractivity contribution in [1.29, 1.82) is 0 Å². The molecule has 0 aliphatic heterocycles. The Morgan fingerprint density at radius 2 is 1.80 bits per heavy atom. The fraction of sp³-hybridized carbons (Fsp3) is 0.188. The van der Waals surface area contributed by atoms with Gasteiger partial charge in [-0.05, 0) is 42.5 Å². The second-order valence-electron chi connectivity index (χ2n) is 5.11. The van der Waals surface area contributed by atoms with Crippen LogP contribution in [-0.4, -0.2) is 39.3 Å². The van der Waals surface area contributed by atoms with Crippen LogP contribution in [0, 0.1) is 0 Å². The van der Waals surface area contributed by atoms with Crippen LogP contribution in [-0.2, 0) is 14.8 Å². The lowest BCUT2D eigenvalue weighted by molar-refractivity contribution is -0.116. The maximum absolute atomic E-state index is 12.5. The Morgan fingerprint density at radius 1 is 1.16 bits per heavy atom. The van der Waals surface area contributed by atoms with Gasteiger partial charge < -0.3 is 10.1 Å². The minimum absolute atomic E-state index is 0.0631. The SMILES string of the molecule is COc1ccc(S(=O)(=O)N(C)CC(=O)Nc2ccc(Cl)cc2Cl)cc1. The average Bonchev–Trinajstić information content (AvgIpc) is 2.57. The van der Waals surface area contributed by atoms with Gasteiger partial charge in [0.15, 0.2) is 0 Å². The van der Waals surface area contributed by atoms with Crippen molar-refractivity contribution < 1.29 is 17.9 Å². The highest BCUT2D eigenvalue weighted by molar-refractivity contribution is 7.89. The first-order chi connectivity index (χ1) is 11.7. The molecule has 0 aliphatic carbocycles. The Labute approximate surface area is 156 Å². The molecule has 2 aromatic rings. The van der Waals surface area contributed by atoms with Crippen LogP contribution in [0.25, 0.3) is 0 Å². The molecule has 9 heteroatoms. The Balaban J connectivity index is 2.08. The summed E-state index contributed by atoms with van der Waals surface area (Å²) in [5.74, 6) is 0.0144. The molecule has 0 saturated heterocycles. The lowest BCUT2D eigenvalue weighted by Gasteiger charge is -2.17. The third-order valence-corrected chi connectivity index (χ3v) is 5.70. The number of hydrogen-bond donors (Lipinski definition) is 1. The second-order valence-corrected chi connectivity index (χ2v) is 8.00. The summed E-state index contributed by atoms with van der Waals surface area (Å²) in [6.07, 6.45) is 0. The van der Waals surface area contributed by atoms with E-state index in [1.165, 1.54) is 44.5 Å². The first kappa shape index (κ1) is 19.5. The summed E-state index contributed by atoms with van der Waals surface area (Å²) >= 11 is 11.8. The molecule has 2 rings (SSSR count). The van der Waals surface area contributed by atoms with Crippen LogP contribution < -0.4 is 10.1 Å². The van der Waals surface area contributed by atoms with E-state index >= 15 is 0 Å². The van der Waals surface area contributed by atoms with Crippen molar-refractivity contribution >= 4 is 44.8 Å². The van der Waals surface area contributed by atoms with Gasteiger partial charge >= 0.3 is 0 Å². The smallest absolute Gasteiger partial charge is 0.243 e. The third kappa shape index (κ3) is 4.85. The second kappa shape index (κ2) is 8.05. The minimum Gasteiger partial charge on any atom is -0.497 e. The normalized spacial score (nSPS) is 11.4. The molecule has 25 heavy (non-hydrogen) atoms. The Kier molecular flexibility index (Phi) is 6.29. The van der Waals surface area contributed by atoms with Crippen molar-refractivity contribution in [2.75, 3.05) is 26.0 Å². The summed E-state index contributed by atoms with van der Waals surface area (Å²) in [6, 6.07) is 10.5. The largest absolute Gasteiger partial charge is 0.497 e.